The molecule has 0 saturated heterocycles. The van der Waals surface area contributed by atoms with Crippen molar-refractivity contribution in [1.29, 1.82) is 0 Å². The maximum atomic E-state index is 12.1. The molecule has 19 heavy (non-hydrogen) atoms. The SMILES string of the molecule is Cc1cc(C)cc(N(C)C(=O)CC(C)CC(=O)O)c1. The first kappa shape index (κ1) is 15.2. The molecule has 0 aliphatic rings. The first-order valence-electron chi connectivity index (χ1n) is 6.36. The lowest BCUT2D eigenvalue weighted by Gasteiger charge is -2.20. The number of benzene rings is 1. The Morgan fingerprint density at radius 3 is 2.16 bits per heavy atom. The smallest absolute Gasteiger partial charge is 0.303 e. The van der Waals surface area contributed by atoms with Gasteiger partial charge in [0.25, 0.3) is 0 Å². The summed E-state index contributed by atoms with van der Waals surface area (Å²) in [5.74, 6) is -1.08. The Balaban J connectivity index is 2.73. The van der Waals surface area contributed by atoms with Gasteiger partial charge in [-0.15, -0.1) is 0 Å². The number of aryl methyl sites for hydroxylation is 2. The van der Waals surface area contributed by atoms with Gasteiger partial charge in [-0.1, -0.05) is 13.0 Å². The van der Waals surface area contributed by atoms with Crippen molar-refractivity contribution in [3.05, 3.63) is 29.3 Å². The first-order valence-corrected chi connectivity index (χ1v) is 6.36. The molecule has 0 saturated carbocycles. The van der Waals surface area contributed by atoms with Crippen molar-refractivity contribution in [2.75, 3.05) is 11.9 Å². The number of hydrogen-bond donors (Lipinski definition) is 1. The number of nitrogens with zero attached hydrogens (tertiary/aromatic N) is 1. The lowest BCUT2D eigenvalue weighted by Crippen LogP contribution is -2.28. The van der Waals surface area contributed by atoms with E-state index in [9.17, 15) is 9.59 Å². The summed E-state index contributed by atoms with van der Waals surface area (Å²) in [5.41, 5.74) is 3.06. The molecule has 0 aromatic heterocycles. The molecule has 4 heteroatoms. The van der Waals surface area contributed by atoms with Gasteiger partial charge in [-0.3, -0.25) is 9.59 Å². The molecule has 1 amide bonds. The molecule has 0 aliphatic heterocycles. The zero-order chi connectivity index (χ0) is 14.6. The van der Waals surface area contributed by atoms with Gasteiger partial charge in [0.2, 0.25) is 5.91 Å². The number of carboxylic acids is 1. The molecule has 0 spiro atoms. The topological polar surface area (TPSA) is 57.6 Å². The van der Waals surface area contributed by atoms with E-state index < -0.39 is 5.97 Å². The minimum Gasteiger partial charge on any atom is -0.481 e. The van der Waals surface area contributed by atoms with E-state index in [1.54, 1.807) is 18.9 Å². The molecule has 0 aliphatic carbocycles. The number of amides is 1. The molecule has 1 aromatic rings. The van der Waals surface area contributed by atoms with Crippen LogP contribution in [0.15, 0.2) is 18.2 Å². The van der Waals surface area contributed by atoms with Gasteiger partial charge in [0, 0.05) is 25.6 Å². The number of hydrogen-bond acceptors (Lipinski definition) is 2. The monoisotopic (exact) mass is 263 g/mol. The summed E-state index contributed by atoms with van der Waals surface area (Å²) in [6, 6.07) is 5.95. The normalized spacial score (nSPS) is 12.0. The van der Waals surface area contributed by atoms with Crippen molar-refractivity contribution in [1.82, 2.24) is 0 Å². The van der Waals surface area contributed by atoms with E-state index in [0.29, 0.717) is 0 Å². The lowest BCUT2D eigenvalue weighted by molar-refractivity contribution is -0.138. The fourth-order valence-electron chi connectivity index (χ4n) is 2.09. The second-order valence-corrected chi connectivity index (χ2v) is 5.21. The molecule has 0 bridgehead atoms. The van der Waals surface area contributed by atoms with Crippen molar-refractivity contribution in [3.8, 4) is 0 Å². The summed E-state index contributed by atoms with van der Waals surface area (Å²) in [5, 5.41) is 8.70. The van der Waals surface area contributed by atoms with Gasteiger partial charge in [0.1, 0.15) is 0 Å². The van der Waals surface area contributed by atoms with E-state index in [4.69, 9.17) is 5.11 Å². The third-order valence-electron chi connectivity index (χ3n) is 3.01. The van der Waals surface area contributed by atoms with E-state index in [-0.39, 0.29) is 24.7 Å². The average molecular weight is 263 g/mol. The Bertz CT molecular complexity index is 462. The Kier molecular flexibility index (Phi) is 5.10. The second-order valence-electron chi connectivity index (χ2n) is 5.21. The van der Waals surface area contributed by atoms with Gasteiger partial charge in [-0.2, -0.15) is 0 Å². The molecule has 0 radical (unpaired) electrons. The summed E-state index contributed by atoms with van der Waals surface area (Å²) in [7, 11) is 1.73. The van der Waals surface area contributed by atoms with Gasteiger partial charge in [0.15, 0.2) is 0 Å². The number of carbonyl (C=O) groups excluding carboxylic acids is 1. The van der Waals surface area contributed by atoms with Gasteiger partial charge < -0.3 is 10.0 Å². The van der Waals surface area contributed by atoms with Crippen LogP contribution in [0.1, 0.15) is 30.9 Å². The molecule has 1 rings (SSSR count). The molecule has 1 aromatic carbocycles. The number of carbonyl (C=O) groups is 2. The maximum absolute atomic E-state index is 12.1. The molecule has 0 heterocycles. The first-order chi connectivity index (χ1) is 8.79. The van der Waals surface area contributed by atoms with Crippen LogP contribution in [0.3, 0.4) is 0 Å². The van der Waals surface area contributed by atoms with Crippen molar-refractivity contribution in [2.24, 2.45) is 5.92 Å². The van der Waals surface area contributed by atoms with Crippen molar-refractivity contribution in [3.63, 3.8) is 0 Å². The highest BCUT2D eigenvalue weighted by Crippen LogP contribution is 2.19. The molecule has 4 nitrogen and oxygen atoms in total. The minimum absolute atomic E-state index is 0.0203. The third kappa shape index (κ3) is 4.73. The largest absolute Gasteiger partial charge is 0.481 e. The van der Waals surface area contributed by atoms with Crippen LogP contribution in [-0.4, -0.2) is 24.0 Å². The minimum atomic E-state index is -0.866. The summed E-state index contributed by atoms with van der Waals surface area (Å²) >= 11 is 0. The third-order valence-corrected chi connectivity index (χ3v) is 3.01. The lowest BCUT2D eigenvalue weighted by atomic mass is 10.0. The molecule has 0 fully saturated rings. The molecular weight excluding hydrogens is 242 g/mol. The number of carboxylic acid groups (broad SMARTS) is 1. The zero-order valence-electron chi connectivity index (χ0n) is 11.9. The van der Waals surface area contributed by atoms with Crippen LogP contribution in [0.5, 0.6) is 0 Å². The zero-order valence-corrected chi connectivity index (χ0v) is 11.9. The molecular formula is C15H21NO3. The van der Waals surface area contributed by atoms with E-state index in [0.717, 1.165) is 16.8 Å². The van der Waals surface area contributed by atoms with Crippen molar-refractivity contribution in [2.45, 2.75) is 33.6 Å². The predicted molar refractivity (Wildman–Crippen MR) is 75.4 cm³/mol. The maximum Gasteiger partial charge on any atom is 0.303 e. The van der Waals surface area contributed by atoms with Crippen molar-refractivity contribution < 1.29 is 14.7 Å². The van der Waals surface area contributed by atoms with Crippen LogP contribution in [-0.2, 0) is 9.59 Å². The Hall–Kier alpha value is -1.84. The highest BCUT2D eigenvalue weighted by Gasteiger charge is 2.17. The standard InChI is InChI=1S/C15H21NO3/c1-10-5-11(2)7-13(6-10)16(4)14(17)8-12(3)9-15(18)19/h5-7,12H,8-9H2,1-4H3,(H,18,19). The van der Waals surface area contributed by atoms with Crippen LogP contribution < -0.4 is 4.90 Å². The summed E-state index contributed by atoms with van der Waals surface area (Å²) in [6.07, 6.45) is 0.266. The van der Waals surface area contributed by atoms with Crippen LogP contribution in [0, 0.1) is 19.8 Å². The number of aliphatic carboxylic acids is 1. The van der Waals surface area contributed by atoms with Crippen LogP contribution in [0.2, 0.25) is 0 Å². The van der Waals surface area contributed by atoms with E-state index >= 15 is 0 Å². The molecule has 1 atom stereocenters. The highest BCUT2D eigenvalue weighted by atomic mass is 16.4. The van der Waals surface area contributed by atoms with Crippen LogP contribution in [0.4, 0.5) is 5.69 Å². The summed E-state index contributed by atoms with van der Waals surface area (Å²) < 4.78 is 0. The Morgan fingerprint density at radius 2 is 1.68 bits per heavy atom. The number of rotatable bonds is 5. The van der Waals surface area contributed by atoms with Crippen LogP contribution >= 0.6 is 0 Å². The summed E-state index contributed by atoms with van der Waals surface area (Å²) in [6.45, 7) is 5.76. The Morgan fingerprint density at radius 1 is 1.16 bits per heavy atom. The van der Waals surface area contributed by atoms with Gasteiger partial charge >= 0.3 is 5.97 Å². The predicted octanol–water partition coefficient (Wildman–Crippen LogP) is 2.77. The fraction of sp³-hybridized carbons (Fsp3) is 0.467. The van der Waals surface area contributed by atoms with E-state index in [2.05, 4.69) is 6.07 Å². The van der Waals surface area contributed by atoms with E-state index in [1.807, 2.05) is 26.0 Å². The fourth-order valence-corrected chi connectivity index (χ4v) is 2.09. The van der Waals surface area contributed by atoms with E-state index in [1.165, 1.54) is 0 Å². The summed E-state index contributed by atoms with van der Waals surface area (Å²) in [4.78, 5) is 24.3. The molecule has 104 valence electrons. The number of anilines is 1. The van der Waals surface area contributed by atoms with Crippen LogP contribution in [0.25, 0.3) is 0 Å². The van der Waals surface area contributed by atoms with Gasteiger partial charge in [-0.25, -0.2) is 0 Å². The Labute approximate surface area is 114 Å². The molecule has 1 unspecified atom stereocenters. The average Bonchev–Trinajstić information content (AvgIpc) is 2.25. The quantitative estimate of drug-likeness (QED) is 0.888. The molecule has 1 N–H and O–H groups in total. The second kappa shape index (κ2) is 6.36. The van der Waals surface area contributed by atoms with Gasteiger partial charge in [0.05, 0.1) is 0 Å². The van der Waals surface area contributed by atoms with Gasteiger partial charge in [-0.05, 0) is 43.0 Å². The highest BCUT2D eigenvalue weighted by molar-refractivity contribution is 5.93. The van der Waals surface area contributed by atoms with Crippen molar-refractivity contribution >= 4 is 17.6 Å².